The molecule has 0 N–H and O–H groups in total. The number of aryl methyl sites for hydroxylation is 1. The summed E-state index contributed by atoms with van der Waals surface area (Å²) in [6.07, 6.45) is 0. The van der Waals surface area contributed by atoms with E-state index in [1.165, 1.54) is 0 Å². The molecule has 0 saturated heterocycles. The van der Waals surface area contributed by atoms with Crippen LogP contribution in [-0.2, 0) is 18.4 Å². The predicted octanol–water partition coefficient (Wildman–Crippen LogP) is 3.65. The fraction of sp³-hybridized carbons (Fsp3) is 0.250. The van der Waals surface area contributed by atoms with Crippen molar-refractivity contribution in [3.05, 3.63) is 54.1 Å². The maximum atomic E-state index is 12.9. The molecule has 0 bridgehead atoms. The molecule has 1 aliphatic rings. The Morgan fingerprint density at radius 2 is 1.72 bits per heavy atom. The summed E-state index contributed by atoms with van der Waals surface area (Å²) in [5, 5.41) is 8.66. The van der Waals surface area contributed by atoms with Gasteiger partial charge in [-0.3, -0.25) is 4.79 Å². The third-order valence-electron chi connectivity index (χ3n) is 4.64. The molecule has 25 heavy (non-hydrogen) atoms. The van der Waals surface area contributed by atoms with Gasteiger partial charge in [0, 0.05) is 24.1 Å². The number of para-hydroxylation sites is 1. The molecule has 4 rings (SSSR count). The average Bonchev–Trinajstić information content (AvgIpc) is 2.99. The summed E-state index contributed by atoms with van der Waals surface area (Å²) in [4.78, 5) is 14.8. The first-order valence-corrected chi connectivity index (χ1v) is 8.46. The first kappa shape index (κ1) is 15.6. The third-order valence-corrected chi connectivity index (χ3v) is 4.64. The molecule has 0 fully saturated rings. The van der Waals surface area contributed by atoms with Crippen LogP contribution in [0, 0.1) is 5.92 Å². The van der Waals surface area contributed by atoms with E-state index in [-0.39, 0.29) is 11.8 Å². The van der Waals surface area contributed by atoms with E-state index in [4.69, 9.17) is 0 Å². The Kier molecular flexibility index (Phi) is 3.64. The lowest BCUT2D eigenvalue weighted by Gasteiger charge is -2.29. The van der Waals surface area contributed by atoms with Gasteiger partial charge in [0.2, 0.25) is 5.91 Å². The van der Waals surface area contributed by atoms with Crippen molar-refractivity contribution in [2.45, 2.75) is 20.4 Å². The minimum absolute atomic E-state index is 0.0824. The number of rotatable bonds is 1. The number of nitrogens with zero attached hydrogens (tertiary/aromatic N) is 4. The highest BCUT2D eigenvalue weighted by Crippen LogP contribution is 2.40. The van der Waals surface area contributed by atoms with Crippen molar-refractivity contribution in [3.8, 4) is 22.5 Å². The normalized spacial score (nSPS) is 12.9. The maximum Gasteiger partial charge on any atom is 0.229 e. The Bertz CT molecular complexity index is 958. The van der Waals surface area contributed by atoms with E-state index in [1.54, 1.807) is 0 Å². The standard InChI is InChI=1S/C20H20N4O/c1-13(2)20(25)24-12-14-8-4-5-9-15(14)19-18(21-22-23(19)3)16-10-6-7-11-17(16)24/h4-11,13H,12H2,1-3H3. The van der Waals surface area contributed by atoms with Gasteiger partial charge in [0.15, 0.2) is 0 Å². The first-order valence-electron chi connectivity index (χ1n) is 8.46. The van der Waals surface area contributed by atoms with Gasteiger partial charge in [-0.2, -0.15) is 0 Å². The second-order valence-corrected chi connectivity index (χ2v) is 6.66. The van der Waals surface area contributed by atoms with Crippen molar-refractivity contribution < 1.29 is 4.79 Å². The second-order valence-electron chi connectivity index (χ2n) is 6.66. The van der Waals surface area contributed by atoms with Crippen LogP contribution in [0.4, 0.5) is 5.69 Å². The Labute approximate surface area is 146 Å². The quantitative estimate of drug-likeness (QED) is 0.683. The van der Waals surface area contributed by atoms with Crippen molar-refractivity contribution in [1.82, 2.24) is 15.0 Å². The molecule has 2 aromatic carbocycles. The number of aromatic nitrogens is 3. The van der Waals surface area contributed by atoms with Gasteiger partial charge in [-0.05, 0) is 11.6 Å². The number of amides is 1. The molecule has 2 heterocycles. The molecule has 1 aliphatic heterocycles. The molecule has 0 radical (unpaired) electrons. The number of hydrogen-bond donors (Lipinski definition) is 0. The van der Waals surface area contributed by atoms with E-state index in [0.29, 0.717) is 6.54 Å². The lowest BCUT2D eigenvalue weighted by atomic mass is 9.95. The van der Waals surface area contributed by atoms with Crippen molar-refractivity contribution in [3.63, 3.8) is 0 Å². The molecule has 5 heteroatoms. The summed E-state index contributed by atoms with van der Waals surface area (Å²) >= 11 is 0. The number of fused-ring (bicyclic) bond motifs is 5. The zero-order chi connectivity index (χ0) is 17.6. The van der Waals surface area contributed by atoms with Crippen LogP contribution in [-0.4, -0.2) is 20.9 Å². The van der Waals surface area contributed by atoms with Gasteiger partial charge in [0.05, 0.1) is 17.9 Å². The SMILES string of the molecule is CC(C)C(=O)N1Cc2ccccc2-c2c(nnn2C)-c2ccccc21. The molecular weight excluding hydrogens is 312 g/mol. The molecule has 0 unspecified atom stereocenters. The monoisotopic (exact) mass is 332 g/mol. The van der Waals surface area contributed by atoms with Crippen LogP contribution < -0.4 is 4.90 Å². The summed E-state index contributed by atoms with van der Waals surface area (Å²) in [6.45, 7) is 4.40. The molecule has 5 nitrogen and oxygen atoms in total. The number of benzene rings is 2. The van der Waals surface area contributed by atoms with Crippen LogP contribution in [0.25, 0.3) is 22.5 Å². The fourth-order valence-corrected chi connectivity index (χ4v) is 3.40. The van der Waals surface area contributed by atoms with E-state index in [2.05, 4.69) is 22.4 Å². The highest BCUT2D eigenvalue weighted by Gasteiger charge is 2.29. The zero-order valence-corrected chi connectivity index (χ0v) is 14.6. The predicted molar refractivity (Wildman–Crippen MR) is 97.9 cm³/mol. The van der Waals surface area contributed by atoms with Crippen LogP contribution >= 0.6 is 0 Å². The smallest absolute Gasteiger partial charge is 0.229 e. The topological polar surface area (TPSA) is 51.0 Å². The van der Waals surface area contributed by atoms with Crippen molar-refractivity contribution in [2.24, 2.45) is 13.0 Å². The minimum Gasteiger partial charge on any atom is -0.307 e. The highest BCUT2D eigenvalue weighted by molar-refractivity contribution is 6.00. The molecule has 0 aliphatic carbocycles. The van der Waals surface area contributed by atoms with E-state index in [0.717, 1.165) is 33.8 Å². The summed E-state index contributed by atoms with van der Waals surface area (Å²) in [5.41, 5.74) is 5.79. The number of carbonyl (C=O) groups excluding carboxylic acids is 1. The van der Waals surface area contributed by atoms with Gasteiger partial charge in [-0.1, -0.05) is 61.5 Å². The fourth-order valence-electron chi connectivity index (χ4n) is 3.40. The Balaban J connectivity index is 2.05. The summed E-state index contributed by atoms with van der Waals surface area (Å²) in [5.74, 6) is 0.0237. The second kappa shape index (κ2) is 5.84. The van der Waals surface area contributed by atoms with Crippen molar-refractivity contribution in [2.75, 3.05) is 4.90 Å². The summed E-state index contributed by atoms with van der Waals surface area (Å²) in [6, 6.07) is 16.1. The van der Waals surface area contributed by atoms with Crippen LogP contribution in [0.2, 0.25) is 0 Å². The maximum absolute atomic E-state index is 12.9. The molecule has 0 atom stereocenters. The molecular formula is C20H20N4O. The molecule has 126 valence electrons. The lowest BCUT2D eigenvalue weighted by molar-refractivity contribution is -0.121. The van der Waals surface area contributed by atoms with Gasteiger partial charge in [-0.25, -0.2) is 4.68 Å². The molecule has 0 saturated carbocycles. The van der Waals surface area contributed by atoms with Gasteiger partial charge >= 0.3 is 0 Å². The minimum atomic E-state index is -0.0824. The van der Waals surface area contributed by atoms with E-state index in [9.17, 15) is 4.79 Å². The van der Waals surface area contributed by atoms with Crippen LogP contribution in [0.5, 0.6) is 0 Å². The molecule has 0 spiro atoms. The third kappa shape index (κ3) is 2.43. The van der Waals surface area contributed by atoms with Gasteiger partial charge in [0.1, 0.15) is 5.69 Å². The van der Waals surface area contributed by atoms with E-state index in [1.807, 2.05) is 66.9 Å². The zero-order valence-electron chi connectivity index (χ0n) is 14.6. The highest BCUT2D eigenvalue weighted by atomic mass is 16.2. The van der Waals surface area contributed by atoms with E-state index >= 15 is 0 Å². The number of hydrogen-bond acceptors (Lipinski definition) is 3. The Morgan fingerprint density at radius 1 is 1.04 bits per heavy atom. The number of anilines is 1. The average molecular weight is 332 g/mol. The molecule has 3 aromatic rings. The summed E-state index contributed by atoms with van der Waals surface area (Å²) < 4.78 is 1.81. The molecule has 1 aromatic heterocycles. The Hall–Kier alpha value is -2.95. The van der Waals surface area contributed by atoms with Gasteiger partial charge < -0.3 is 4.90 Å². The van der Waals surface area contributed by atoms with Crippen molar-refractivity contribution >= 4 is 11.6 Å². The summed E-state index contributed by atoms with van der Waals surface area (Å²) in [7, 11) is 1.91. The van der Waals surface area contributed by atoms with E-state index < -0.39 is 0 Å². The lowest BCUT2D eigenvalue weighted by Crippen LogP contribution is -2.34. The van der Waals surface area contributed by atoms with Crippen LogP contribution in [0.1, 0.15) is 19.4 Å². The van der Waals surface area contributed by atoms with Crippen LogP contribution in [0.15, 0.2) is 48.5 Å². The first-order chi connectivity index (χ1) is 12.1. The van der Waals surface area contributed by atoms with Crippen molar-refractivity contribution in [1.29, 1.82) is 0 Å². The number of carbonyl (C=O) groups is 1. The van der Waals surface area contributed by atoms with Gasteiger partial charge in [0.25, 0.3) is 0 Å². The molecule has 1 amide bonds. The van der Waals surface area contributed by atoms with Gasteiger partial charge in [-0.15, -0.1) is 5.10 Å². The Morgan fingerprint density at radius 3 is 2.48 bits per heavy atom. The largest absolute Gasteiger partial charge is 0.307 e. The van der Waals surface area contributed by atoms with Crippen LogP contribution in [0.3, 0.4) is 0 Å².